The molecule has 0 saturated carbocycles. The third-order valence-electron chi connectivity index (χ3n) is 3.24. The zero-order chi connectivity index (χ0) is 14.7. The zero-order valence-electron chi connectivity index (χ0n) is 11.8. The molecule has 1 heterocycles. The molecule has 1 atom stereocenters. The molecule has 0 saturated heterocycles. The minimum Gasteiger partial charge on any atom is -0.321 e. The van der Waals surface area contributed by atoms with Crippen molar-refractivity contribution < 1.29 is 8.42 Å². The lowest BCUT2D eigenvalue weighted by molar-refractivity contribution is 0.263. The van der Waals surface area contributed by atoms with E-state index in [2.05, 4.69) is 35.9 Å². The summed E-state index contributed by atoms with van der Waals surface area (Å²) in [7, 11) is -3.66. The van der Waals surface area contributed by atoms with Crippen molar-refractivity contribution in [1.29, 1.82) is 0 Å². The first-order valence-electron chi connectivity index (χ1n) is 6.10. The van der Waals surface area contributed by atoms with Crippen molar-refractivity contribution in [2.75, 3.05) is 12.0 Å². The highest BCUT2D eigenvalue weighted by atomic mass is 32.2. The number of nitrogen functional groups attached to an aromatic ring is 1. The molecule has 4 N–H and O–H groups in total. The van der Waals surface area contributed by atoms with Crippen molar-refractivity contribution in [3.8, 4) is 0 Å². The highest BCUT2D eigenvalue weighted by Gasteiger charge is 2.24. The fourth-order valence-corrected chi connectivity index (χ4v) is 2.55. The second kappa shape index (κ2) is 5.85. The van der Waals surface area contributed by atoms with Crippen LogP contribution >= 0.6 is 0 Å². The number of nitrogens with one attached hydrogen (secondary N) is 2. The van der Waals surface area contributed by atoms with Crippen LogP contribution in [0.2, 0.25) is 0 Å². The molecule has 0 fully saturated rings. The van der Waals surface area contributed by atoms with Gasteiger partial charge in [0.2, 0.25) is 0 Å². The minimum atomic E-state index is -3.66. The number of nitrogens with two attached hydrogens (primary N) is 1. The molecular formula is C12H22N4O2S. The van der Waals surface area contributed by atoms with E-state index in [4.69, 9.17) is 5.84 Å². The highest BCUT2D eigenvalue weighted by Crippen LogP contribution is 2.25. The maximum atomic E-state index is 12.2. The molecule has 1 unspecified atom stereocenters. The first-order chi connectivity index (χ1) is 8.68. The average Bonchev–Trinajstić information content (AvgIpc) is 2.34. The van der Waals surface area contributed by atoms with E-state index in [1.54, 1.807) is 12.1 Å². The fourth-order valence-electron chi connectivity index (χ4n) is 1.32. The predicted molar refractivity (Wildman–Crippen MR) is 75.9 cm³/mol. The molecule has 1 aromatic heterocycles. The van der Waals surface area contributed by atoms with Crippen LogP contribution in [0.1, 0.15) is 27.7 Å². The molecule has 108 valence electrons. The van der Waals surface area contributed by atoms with Crippen molar-refractivity contribution in [3.63, 3.8) is 0 Å². The Morgan fingerprint density at radius 2 is 2.05 bits per heavy atom. The Labute approximate surface area is 114 Å². The molecule has 1 rings (SSSR count). The number of hydrogen-bond donors (Lipinski definition) is 3. The lowest BCUT2D eigenvalue weighted by atomic mass is 9.82. The molecule has 0 spiro atoms. The maximum absolute atomic E-state index is 12.2. The SMILES string of the molecule is CC(CNS(=O)(=O)c1ncccc1NN)C(C)(C)C. The molecule has 0 radical (unpaired) electrons. The van der Waals surface area contributed by atoms with E-state index in [1.165, 1.54) is 6.20 Å². The number of pyridine rings is 1. The lowest BCUT2D eigenvalue weighted by Crippen LogP contribution is -2.34. The monoisotopic (exact) mass is 286 g/mol. The molecule has 1 aromatic rings. The van der Waals surface area contributed by atoms with Crippen LogP contribution in [-0.4, -0.2) is 19.9 Å². The van der Waals surface area contributed by atoms with Gasteiger partial charge in [0.25, 0.3) is 10.0 Å². The first kappa shape index (κ1) is 15.9. The summed E-state index contributed by atoms with van der Waals surface area (Å²) in [5.74, 6) is 5.49. The van der Waals surface area contributed by atoms with Gasteiger partial charge in [0.1, 0.15) is 0 Å². The van der Waals surface area contributed by atoms with E-state index in [0.717, 1.165) is 0 Å². The lowest BCUT2D eigenvalue weighted by Gasteiger charge is -2.27. The van der Waals surface area contributed by atoms with Gasteiger partial charge >= 0.3 is 0 Å². The summed E-state index contributed by atoms with van der Waals surface area (Å²) >= 11 is 0. The maximum Gasteiger partial charge on any atom is 0.260 e. The molecule has 0 aliphatic heterocycles. The number of hydrogen-bond acceptors (Lipinski definition) is 5. The Morgan fingerprint density at radius 3 is 2.58 bits per heavy atom. The van der Waals surface area contributed by atoms with Crippen LogP contribution in [-0.2, 0) is 10.0 Å². The number of aromatic nitrogens is 1. The predicted octanol–water partition coefficient (Wildman–Crippen LogP) is 1.33. The van der Waals surface area contributed by atoms with Crippen LogP contribution in [0.4, 0.5) is 5.69 Å². The quantitative estimate of drug-likeness (QED) is 0.560. The summed E-state index contributed by atoms with van der Waals surface area (Å²) in [6, 6.07) is 3.18. The molecule has 0 aromatic carbocycles. The number of anilines is 1. The largest absolute Gasteiger partial charge is 0.321 e. The third-order valence-corrected chi connectivity index (χ3v) is 4.62. The van der Waals surface area contributed by atoms with Gasteiger partial charge in [0.15, 0.2) is 5.03 Å². The van der Waals surface area contributed by atoms with Crippen LogP contribution in [0.25, 0.3) is 0 Å². The summed E-state index contributed by atoms with van der Waals surface area (Å²) in [6.45, 7) is 8.56. The molecule has 0 aliphatic rings. The molecular weight excluding hydrogens is 264 g/mol. The summed E-state index contributed by atoms with van der Waals surface area (Å²) in [4.78, 5) is 3.87. The van der Waals surface area contributed by atoms with Gasteiger partial charge in [0, 0.05) is 12.7 Å². The second-order valence-electron chi connectivity index (χ2n) is 5.62. The van der Waals surface area contributed by atoms with Crippen molar-refractivity contribution in [3.05, 3.63) is 18.3 Å². The van der Waals surface area contributed by atoms with Gasteiger partial charge in [-0.15, -0.1) is 0 Å². The van der Waals surface area contributed by atoms with Crippen LogP contribution in [0.15, 0.2) is 23.4 Å². The van der Waals surface area contributed by atoms with Gasteiger partial charge in [-0.25, -0.2) is 18.1 Å². The van der Waals surface area contributed by atoms with Gasteiger partial charge in [-0.1, -0.05) is 27.7 Å². The first-order valence-corrected chi connectivity index (χ1v) is 7.58. The van der Waals surface area contributed by atoms with Gasteiger partial charge in [-0.05, 0) is 23.5 Å². The van der Waals surface area contributed by atoms with E-state index in [9.17, 15) is 8.42 Å². The molecule has 0 bridgehead atoms. The van der Waals surface area contributed by atoms with E-state index in [-0.39, 0.29) is 22.0 Å². The Bertz CT molecular complexity index is 523. The summed E-state index contributed by atoms with van der Waals surface area (Å²) in [5.41, 5.74) is 2.64. The number of sulfonamides is 1. The number of hydrazine groups is 1. The van der Waals surface area contributed by atoms with Gasteiger partial charge in [-0.3, -0.25) is 5.84 Å². The molecule has 0 aliphatic carbocycles. The second-order valence-corrected chi connectivity index (χ2v) is 7.30. The molecule has 7 heteroatoms. The van der Waals surface area contributed by atoms with Crippen molar-refractivity contribution in [2.45, 2.75) is 32.7 Å². The Morgan fingerprint density at radius 1 is 1.42 bits per heavy atom. The van der Waals surface area contributed by atoms with Crippen LogP contribution in [0.5, 0.6) is 0 Å². The summed E-state index contributed by atoms with van der Waals surface area (Å²) in [5, 5.41) is -0.0846. The van der Waals surface area contributed by atoms with E-state index in [0.29, 0.717) is 6.54 Å². The Balaban J connectivity index is 2.88. The van der Waals surface area contributed by atoms with Crippen molar-refractivity contribution in [1.82, 2.24) is 9.71 Å². The fraction of sp³-hybridized carbons (Fsp3) is 0.583. The zero-order valence-corrected chi connectivity index (χ0v) is 12.6. The average molecular weight is 286 g/mol. The van der Waals surface area contributed by atoms with Crippen molar-refractivity contribution in [2.24, 2.45) is 17.2 Å². The highest BCUT2D eigenvalue weighted by molar-refractivity contribution is 7.89. The third kappa shape index (κ3) is 4.15. The van der Waals surface area contributed by atoms with E-state index < -0.39 is 10.0 Å². The van der Waals surface area contributed by atoms with Crippen LogP contribution in [0.3, 0.4) is 0 Å². The van der Waals surface area contributed by atoms with Crippen LogP contribution < -0.4 is 16.0 Å². The molecule has 19 heavy (non-hydrogen) atoms. The van der Waals surface area contributed by atoms with Gasteiger partial charge in [-0.2, -0.15) is 0 Å². The van der Waals surface area contributed by atoms with Crippen LogP contribution in [0, 0.1) is 11.3 Å². The smallest absolute Gasteiger partial charge is 0.260 e. The standard InChI is InChI=1S/C12H22N4O2S/c1-9(12(2,3)4)8-15-19(17,18)11-10(16-13)6-5-7-14-11/h5-7,9,15-16H,8,13H2,1-4H3. The van der Waals surface area contributed by atoms with E-state index in [1.807, 2.05) is 6.92 Å². The number of rotatable bonds is 5. The van der Waals surface area contributed by atoms with Gasteiger partial charge < -0.3 is 5.43 Å². The summed E-state index contributed by atoms with van der Waals surface area (Å²) < 4.78 is 26.9. The summed E-state index contributed by atoms with van der Waals surface area (Å²) in [6.07, 6.45) is 1.42. The Hall–Kier alpha value is -1.18. The van der Waals surface area contributed by atoms with Gasteiger partial charge in [0.05, 0.1) is 5.69 Å². The molecule has 0 amide bonds. The van der Waals surface area contributed by atoms with E-state index >= 15 is 0 Å². The normalized spacial score (nSPS) is 14.2. The number of nitrogens with zero attached hydrogens (tertiary/aromatic N) is 1. The Kier molecular flexibility index (Phi) is 4.89. The topological polar surface area (TPSA) is 97.1 Å². The van der Waals surface area contributed by atoms with Crippen molar-refractivity contribution >= 4 is 15.7 Å². The minimum absolute atomic E-state index is 0.0293. The molecule has 6 nitrogen and oxygen atoms in total.